The number of carbonyl (C=O) groups is 2. The van der Waals surface area contributed by atoms with Crippen molar-refractivity contribution in [3.05, 3.63) is 36.0 Å². The van der Waals surface area contributed by atoms with Crippen LogP contribution < -0.4 is 0 Å². The van der Waals surface area contributed by atoms with Crippen molar-refractivity contribution in [2.75, 3.05) is 0 Å². The number of carbonyl (C=O) groups excluding carboxylic acids is 3. The number of allylic oxidation sites excluding steroid dienone is 6. The summed E-state index contributed by atoms with van der Waals surface area (Å²) in [5.74, 6) is 0.481. The average molecular weight is 822 g/mol. The number of rotatable bonds is 50. The quantitative estimate of drug-likeness (QED) is 0.0202. The van der Waals surface area contributed by atoms with E-state index in [2.05, 4.69) is 38.2 Å². The maximum Gasteiger partial charge on any atom is 0.236 e. The van der Waals surface area contributed by atoms with Crippen LogP contribution in [-0.4, -0.2) is 17.9 Å². The van der Waals surface area contributed by atoms with Gasteiger partial charge in [0, 0.05) is 19.3 Å². The van der Waals surface area contributed by atoms with Gasteiger partial charge in [-0.15, -0.1) is 0 Å². The molecule has 0 aromatic carbocycles. The van der Waals surface area contributed by atoms with Gasteiger partial charge in [-0.25, -0.2) is 0 Å². The molecule has 0 aliphatic heterocycles. The fraction of sp³-hybridized carbons (Fsp3) is 0.839. The zero-order valence-corrected chi connectivity index (χ0v) is 39.9. The lowest BCUT2D eigenvalue weighted by molar-refractivity contribution is -0.119. The molecule has 1 radical (unpaired) electrons. The Morgan fingerprint density at radius 3 is 0.881 bits per heavy atom. The molecule has 3 heteroatoms. The predicted octanol–water partition coefficient (Wildman–Crippen LogP) is 18.9. The largest absolute Gasteiger partial charge is 0.300 e. The summed E-state index contributed by atoms with van der Waals surface area (Å²) in [6, 6.07) is 0. The van der Waals surface area contributed by atoms with Crippen LogP contribution in [0.25, 0.3) is 0 Å². The van der Waals surface area contributed by atoms with Crippen molar-refractivity contribution in [3.8, 4) is 0 Å². The molecule has 0 heterocycles. The van der Waals surface area contributed by atoms with Crippen molar-refractivity contribution in [1.29, 1.82) is 0 Å². The molecule has 0 saturated carbocycles. The van der Waals surface area contributed by atoms with Gasteiger partial charge in [0.1, 0.15) is 5.78 Å². The summed E-state index contributed by atoms with van der Waals surface area (Å²) in [7, 11) is 0. The Hall–Kier alpha value is -1.77. The van der Waals surface area contributed by atoms with Gasteiger partial charge in [-0.1, -0.05) is 230 Å². The van der Waals surface area contributed by atoms with E-state index in [1.54, 1.807) is 0 Å². The van der Waals surface area contributed by atoms with Crippen LogP contribution in [0, 0.1) is 0 Å². The lowest BCUT2D eigenvalue weighted by Gasteiger charge is -2.04. The molecular formula is C56H101O3. The highest BCUT2D eigenvalue weighted by atomic mass is 16.1. The standard InChI is InChI=1S/C56H101O3/c1-3-5-7-9-11-13-15-17-21-26-30-34-38-42-46-50-55(58)51-47-43-39-35-31-27-24-20-19-23-25-29-33-37-41-45-49-54(53-57)56(59)52-48-44-40-36-32-28-22-18-16-14-12-10-8-6-4-2/h17-18,21-22,49H,3-16,19-20,23-48,50-52H2,1-2H3/b21-17-,22-18-,54-49?. The van der Waals surface area contributed by atoms with E-state index in [-0.39, 0.29) is 11.4 Å². The van der Waals surface area contributed by atoms with Crippen LogP contribution in [0.15, 0.2) is 36.0 Å². The molecule has 0 rings (SSSR count). The molecule has 0 amide bonds. The number of hydrogen-bond donors (Lipinski definition) is 0. The zero-order valence-electron chi connectivity index (χ0n) is 39.9. The van der Waals surface area contributed by atoms with Gasteiger partial charge >= 0.3 is 0 Å². The predicted molar refractivity (Wildman–Crippen MR) is 261 cm³/mol. The van der Waals surface area contributed by atoms with Gasteiger partial charge in [0.15, 0.2) is 5.78 Å². The highest BCUT2D eigenvalue weighted by molar-refractivity contribution is 6.11. The molecule has 0 aliphatic carbocycles. The smallest absolute Gasteiger partial charge is 0.236 e. The second kappa shape index (κ2) is 50.6. The fourth-order valence-electron chi connectivity index (χ4n) is 8.23. The van der Waals surface area contributed by atoms with E-state index in [4.69, 9.17) is 0 Å². The second-order valence-electron chi connectivity index (χ2n) is 18.2. The first-order chi connectivity index (χ1) is 29.2. The Labute approximate surface area is 369 Å². The molecule has 59 heavy (non-hydrogen) atoms. The molecule has 0 unspecified atom stereocenters. The Bertz CT molecular complexity index is 974. The minimum Gasteiger partial charge on any atom is -0.300 e. The number of unbranched alkanes of at least 4 members (excludes halogenated alkanes) is 37. The minimum absolute atomic E-state index is 0.0138. The fourth-order valence-corrected chi connectivity index (χ4v) is 8.23. The van der Waals surface area contributed by atoms with Crippen LogP contribution in [0.1, 0.15) is 303 Å². The normalized spacial score (nSPS) is 12.1. The maximum atomic E-state index is 12.5. The molecule has 3 nitrogen and oxygen atoms in total. The monoisotopic (exact) mass is 822 g/mol. The second-order valence-corrected chi connectivity index (χ2v) is 18.2. The van der Waals surface area contributed by atoms with Gasteiger partial charge in [0.25, 0.3) is 0 Å². The van der Waals surface area contributed by atoms with Gasteiger partial charge in [0.2, 0.25) is 6.29 Å². The first-order valence-corrected chi connectivity index (χ1v) is 26.6. The summed E-state index contributed by atoms with van der Waals surface area (Å²) in [5, 5.41) is 0. The van der Waals surface area contributed by atoms with Crippen molar-refractivity contribution >= 4 is 17.9 Å². The molecule has 0 bridgehead atoms. The third kappa shape index (κ3) is 47.1. The van der Waals surface area contributed by atoms with Crippen LogP contribution in [0.2, 0.25) is 0 Å². The van der Waals surface area contributed by atoms with E-state index in [0.717, 1.165) is 51.4 Å². The Morgan fingerprint density at radius 1 is 0.322 bits per heavy atom. The summed E-state index contributed by atoms with van der Waals surface area (Å²) >= 11 is 0. The number of ketones is 2. The highest BCUT2D eigenvalue weighted by Crippen LogP contribution is 2.17. The van der Waals surface area contributed by atoms with Gasteiger partial charge in [0.05, 0.1) is 5.57 Å². The van der Waals surface area contributed by atoms with Crippen LogP contribution in [-0.2, 0) is 14.4 Å². The lowest BCUT2D eigenvalue weighted by Crippen LogP contribution is -2.03. The van der Waals surface area contributed by atoms with Crippen LogP contribution in [0.4, 0.5) is 0 Å². The molecule has 0 aliphatic rings. The van der Waals surface area contributed by atoms with E-state index in [1.165, 1.54) is 231 Å². The molecule has 0 aromatic rings. The first kappa shape index (κ1) is 57.2. The third-order valence-electron chi connectivity index (χ3n) is 12.3. The third-order valence-corrected chi connectivity index (χ3v) is 12.3. The van der Waals surface area contributed by atoms with E-state index >= 15 is 0 Å². The molecule has 0 spiro atoms. The summed E-state index contributed by atoms with van der Waals surface area (Å²) in [6.07, 6.45) is 68.6. The molecule has 0 N–H and O–H groups in total. The van der Waals surface area contributed by atoms with Crippen LogP contribution in [0.5, 0.6) is 0 Å². The molecule has 0 aromatic heterocycles. The molecule has 0 fully saturated rings. The zero-order chi connectivity index (χ0) is 42.8. The topological polar surface area (TPSA) is 51.2 Å². The van der Waals surface area contributed by atoms with Gasteiger partial charge in [-0.2, -0.15) is 0 Å². The Kier molecular flexibility index (Phi) is 49.1. The van der Waals surface area contributed by atoms with E-state index in [9.17, 15) is 14.4 Å². The van der Waals surface area contributed by atoms with Gasteiger partial charge < -0.3 is 0 Å². The van der Waals surface area contributed by atoms with Crippen LogP contribution in [0.3, 0.4) is 0 Å². The average Bonchev–Trinajstić information content (AvgIpc) is 3.24. The maximum absolute atomic E-state index is 12.5. The van der Waals surface area contributed by atoms with Gasteiger partial charge in [-0.3, -0.25) is 14.4 Å². The number of hydrogen-bond acceptors (Lipinski definition) is 3. The van der Waals surface area contributed by atoms with Crippen molar-refractivity contribution < 1.29 is 14.4 Å². The van der Waals surface area contributed by atoms with Gasteiger partial charge in [-0.05, 0) is 83.5 Å². The van der Waals surface area contributed by atoms with Crippen molar-refractivity contribution in [1.82, 2.24) is 0 Å². The first-order valence-electron chi connectivity index (χ1n) is 26.6. The minimum atomic E-state index is -0.0138. The SMILES string of the molecule is CCCCCCCC/C=C\CCCCCCCC(=O)CCCCCCCCCCCCCCCCCC=C([C]=O)C(=O)CCCCCCC/C=C\CCCCCCCC. The molecule has 0 saturated heterocycles. The summed E-state index contributed by atoms with van der Waals surface area (Å²) < 4.78 is 0. The van der Waals surface area contributed by atoms with E-state index in [0.29, 0.717) is 12.2 Å². The molecule has 0 atom stereocenters. The van der Waals surface area contributed by atoms with Crippen molar-refractivity contribution in [2.24, 2.45) is 0 Å². The summed E-state index contributed by atoms with van der Waals surface area (Å²) in [6.45, 7) is 4.55. The Morgan fingerprint density at radius 2 is 0.576 bits per heavy atom. The summed E-state index contributed by atoms with van der Waals surface area (Å²) in [5.41, 5.74) is 0.284. The Balaban J connectivity index is 3.43. The number of Topliss-reactive ketones (excluding diaryl/α,β-unsaturated/α-hetero) is 2. The molecule has 343 valence electrons. The van der Waals surface area contributed by atoms with E-state index in [1.807, 2.05) is 12.4 Å². The lowest BCUT2D eigenvalue weighted by atomic mass is 10.0. The van der Waals surface area contributed by atoms with E-state index < -0.39 is 0 Å². The van der Waals surface area contributed by atoms with Crippen molar-refractivity contribution in [3.63, 3.8) is 0 Å². The van der Waals surface area contributed by atoms with Crippen LogP contribution >= 0.6 is 0 Å². The van der Waals surface area contributed by atoms with Crippen molar-refractivity contribution in [2.45, 2.75) is 303 Å². The summed E-state index contributed by atoms with van der Waals surface area (Å²) in [4.78, 5) is 36.1. The molecular weight excluding hydrogens is 721 g/mol. The highest BCUT2D eigenvalue weighted by Gasteiger charge is 2.09.